The standard InChI is InChI=1S/C24H19BrClN5O5S/c1-15-27-28-24(30(15)19-9-5-18(26)6-10-19)37-23(13-29(32)33)21-12-17(25)4-11-22(21)36-14-16-2-7-20(8-3-16)31(34)35/h2-12,23H,13-14H2,1H3/t23-/m1/s1. The Morgan fingerprint density at radius 3 is 2.41 bits per heavy atom. The Morgan fingerprint density at radius 2 is 1.76 bits per heavy atom. The number of hydrogen-bond donors (Lipinski definition) is 0. The van der Waals surface area contributed by atoms with Crippen LogP contribution in [0.3, 0.4) is 0 Å². The molecule has 4 aromatic rings. The number of nitro groups is 2. The lowest BCUT2D eigenvalue weighted by Gasteiger charge is -2.18. The number of benzene rings is 3. The van der Waals surface area contributed by atoms with Crippen LogP contribution in [0.5, 0.6) is 5.75 Å². The summed E-state index contributed by atoms with van der Waals surface area (Å²) < 4.78 is 8.57. The van der Waals surface area contributed by atoms with Crippen molar-refractivity contribution in [3.05, 3.63) is 113 Å². The minimum absolute atomic E-state index is 0.0179. The summed E-state index contributed by atoms with van der Waals surface area (Å²) in [7, 11) is 0. The van der Waals surface area contributed by atoms with Crippen LogP contribution in [0.2, 0.25) is 5.02 Å². The molecular formula is C24H19BrClN5O5S. The summed E-state index contributed by atoms with van der Waals surface area (Å²) in [5.74, 6) is 1.07. The van der Waals surface area contributed by atoms with Crippen LogP contribution in [0.25, 0.3) is 5.69 Å². The van der Waals surface area contributed by atoms with Crippen LogP contribution in [0.1, 0.15) is 22.2 Å². The van der Waals surface area contributed by atoms with Crippen LogP contribution in [-0.4, -0.2) is 31.2 Å². The highest BCUT2D eigenvalue weighted by Gasteiger charge is 2.27. The molecule has 0 bridgehead atoms. The largest absolute Gasteiger partial charge is 0.489 e. The minimum Gasteiger partial charge on any atom is -0.489 e. The average Bonchev–Trinajstić information content (AvgIpc) is 3.23. The predicted octanol–water partition coefficient (Wildman–Crippen LogP) is 6.59. The van der Waals surface area contributed by atoms with Crippen molar-refractivity contribution in [1.82, 2.24) is 14.8 Å². The summed E-state index contributed by atoms with van der Waals surface area (Å²) in [4.78, 5) is 21.7. The van der Waals surface area contributed by atoms with Crippen molar-refractivity contribution < 1.29 is 14.6 Å². The second-order valence-corrected chi connectivity index (χ2v) is 10.4. The number of aryl methyl sites for hydroxylation is 1. The molecule has 1 atom stereocenters. The van der Waals surface area contributed by atoms with E-state index in [2.05, 4.69) is 26.1 Å². The molecule has 0 unspecified atom stereocenters. The summed E-state index contributed by atoms with van der Waals surface area (Å²) in [5.41, 5.74) is 2.08. The second kappa shape index (κ2) is 11.7. The molecule has 0 fully saturated rings. The molecule has 0 aliphatic carbocycles. The summed E-state index contributed by atoms with van der Waals surface area (Å²) in [5, 5.41) is 31.4. The van der Waals surface area contributed by atoms with Gasteiger partial charge in [-0.05, 0) is 67.1 Å². The Bertz CT molecular complexity index is 1430. The number of rotatable bonds is 10. The quantitative estimate of drug-likeness (QED) is 0.113. The van der Waals surface area contributed by atoms with E-state index in [0.29, 0.717) is 27.3 Å². The highest BCUT2D eigenvalue weighted by Crippen LogP contribution is 2.41. The van der Waals surface area contributed by atoms with Gasteiger partial charge in [-0.2, -0.15) is 0 Å². The lowest BCUT2D eigenvalue weighted by molar-refractivity contribution is -0.479. The summed E-state index contributed by atoms with van der Waals surface area (Å²) in [6.45, 7) is 1.54. The van der Waals surface area contributed by atoms with E-state index in [1.165, 1.54) is 23.9 Å². The number of ether oxygens (including phenoxy) is 1. The predicted molar refractivity (Wildman–Crippen MR) is 143 cm³/mol. The van der Waals surface area contributed by atoms with Gasteiger partial charge in [0.15, 0.2) is 5.16 Å². The Balaban J connectivity index is 1.64. The first kappa shape index (κ1) is 26.6. The van der Waals surface area contributed by atoms with Gasteiger partial charge in [0.05, 0.1) is 4.92 Å². The number of hydrogen-bond acceptors (Lipinski definition) is 8. The van der Waals surface area contributed by atoms with E-state index < -0.39 is 10.2 Å². The number of non-ortho nitro benzene ring substituents is 1. The fourth-order valence-corrected chi connectivity index (χ4v) is 5.24. The third-order valence-electron chi connectivity index (χ3n) is 5.30. The molecule has 0 amide bonds. The molecule has 0 aliphatic heterocycles. The zero-order valence-electron chi connectivity index (χ0n) is 19.3. The molecule has 0 radical (unpaired) electrons. The van der Waals surface area contributed by atoms with Gasteiger partial charge in [0.25, 0.3) is 5.69 Å². The molecule has 0 aliphatic rings. The van der Waals surface area contributed by atoms with Gasteiger partial charge in [0, 0.05) is 37.8 Å². The van der Waals surface area contributed by atoms with Crippen molar-refractivity contribution in [2.75, 3.05) is 6.54 Å². The molecule has 10 nitrogen and oxygen atoms in total. The van der Waals surface area contributed by atoms with Crippen molar-refractivity contribution in [3.8, 4) is 11.4 Å². The summed E-state index contributed by atoms with van der Waals surface area (Å²) in [6, 6.07) is 18.5. The first-order chi connectivity index (χ1) is 17.7. The van der Waals surface area contributed by atoms with E-state index in [0.717, 1.165) is 15.7 Å². The Kier molecular flexibility index (Phi) is 8.41. The van der Waals surface area contributed by atoms with Gasteiger partial charge in [0.1, 0.15) is 23.4 Å². The van der Waals surface area contributed by atoms with Crippen molar-refractivity contribution in [1.29, 1.82) is 0 Å². The molecule has 37 heavy (non-hydrogen) atoms. The molecular weight excluding hydrogens is 586 g/mol. The molecule has 0 N–H and O–H groups in total. The fourth-order valence-electron chi connectivity index (χ4n) is 3.55. The maximum atomic E-state index is 11.7. The lowest BCUT2D eigenvalue weighted by atomic mass is 10.1. The first-order valence-corrected chi connectivity index (χ1v) is 12.9. The SMILES string of the molecule is Cc1nnc(S[C@H](C[N+](=O)[O-])c2cc(Br)ccc2OCc2ccc([N+](=O)[O-])cc2)n1-c1ccc(Cl)cc1. The van der Waals surface area contributed by atoms with Crippen LogP contribution in [0.15, 0.2) is 76.4 Å². The van der Waals surface area contributed by atoms with Gasteiger partial charge in [0.2, 0.25) is 6.54 Å². The number of aromatic nitrogens is 3. The van der Waals surface area contributed by atoms with Crippen molar-refractivity contribution in [3.63, 3.8) is 0 Å². The van der Waals surface area contributed by atoms with Crippen LogP contribution in [0.4, 0.5) is 5.69 Å². The monoisotopic (exact) mass is 603 g/mol. The Hall–Kier alpha value is -3.48. The number of halogens is 2. The molecule has 4 rings (SSSR count). The van der Waals surface area contributed by atoms with Gasteiger partial charge in [-0.15, -0.1) is 10.2 Å². The number of thioether (sulfide) groups is 1. The molecule has 0 saturated heterocycles. The zero-order valence-corrected chi connectivity index (χ0v) is 22.4. The van der Waals surface area contributed by atoms with Crippen molar-refractivity contribution in [2.45, 2.75) is 23.9 Å². The fraction of sp³-hybridized carbons (Fsp3) is 0.167. The van der Waals surface area contributed by atoms with Crippen LogP contribution in [-0.2, 0) is 6.61 Å². The van der Waals surface area contributed by atoms with E-state index >= 15 is 0 Å². The Morgan fingerprint density at radius 1 is 1.05 bits per heavy atom. The van der Waals surface area contributed by atoms with Gasteiger partial charge in [-0.1, -0.05) is 39.3 Å². The Labute approximate surface area is 229 Å². The van der Waals surface area contributed by atoms with Crippen molar-refractivity contribution in [2.24, 2.45) is 0 Å². The molecule has 190 valence electrons. The molecule has 0 saturated carbocycles. The highest BCUT2D eigenvalue weighted by atomic mass is 79.9. The molecule has 3 aromatic carbocycles. The topological polar surface area (TPSA) is 126 Å². The van der Waals surface area contributed by atoms with Gasteiger partial charge in [-0.25, -0.2) is 0 Å². The van der Waals surface area contributed by atoms with Gasteiger partial charge < -0.3 is 4.74 Å². The molecule has 1 heterocycles. The van der Waals surface area contributed by atoms with E-state index in [4.69, 9.17) is 16.3 Å². The van der Waals surface area contributed by atoms with Crippen LogP contribution >= 0.6 is 39.3 Å². The zero-order chi connectivity index (χ0) is 26.5. The summed E-state index contributed by atoms with van der Waals surface area (Å²) in [6.07, 6.45) is 0. The maximum Gasteiger partial charge on any atom is 0.269 e. The van der Waals surface area contributed by atoms with Crippen LogP contribution < -0.4 is 4.74 Å². The van der Waals surface area contributed by atoms with Gasteiger partial charge in [-0.3, -0.25) is 24.8 Å². The van der Waals surface area contributed by atoms with E-state index in [-0.39, 0.29) is 23.8 Å². The van der Waals surface area contributed by atoms with Gasteiger partial charge >= 0.3 is 0 Å². The normalized spacial score (nSPS) is 11.8. The third-order valence-corrected chi connectivity index (χ3v) is 7.21. The first-order valence-electron chi connectivity index (χ1n) is 10.8. The lowest BCUT2D eigenvalue weighted by Crippen LogP contribution is -2.12. The smallest absolute Gasteiger partial charge is 0.269 e. The molecule has 1 aromatic heterocycles. The second-order valence-electron chi connectivity index (χ2n) is 7.86. The maximum absolute atomic E-state index is 11.7. The molecule has 13 heteroatoms. The highest BCUT2D eigenvalue weighted by molar-refractivity contribution is 9.10. The third kappa shape index (κ3) is 6.64. The van der Waals surface area contributed by atoms with E-state index in [1.807, 2.05) is 16.7 Å². The summed E-state index contributed by atoms with van der Waals surface area (Å²) >= 11 is 10.7. The number of nitrogens with zero attached hydrogens (tertiary/aromatic N) is 5. The minimum atomic E-state index is -0.658. The van der Waals surface area contributed by atoms with Crippen molar-refractivity contribution >= 4 is 45.0 Å². The van der Waals surface area contributed by atoms with Crippen LogP contribution in [0, 0.1) is 27.2 Å². The molecule has 0 spiro atoms. The average molecular weight is 605 g/mol. The number of nitro benzene ring substituents is 1. The van der Waals surface area contributed by atoms with E-state index in [1.54, 1.807) is 49.4 Å². The van der Waals surface area contributed by atoms with E-state index in [9.17, 15) is 20.2 Å².